The molecule has 1 aromatic carbocycles. The topological polar surface area (TPSA) is 76.5 Å². The molecule has 4 rings (SSSR count). The highest BCUT2D eigenvalue weighted by Gasteiger charge is 2.34. The van der Waals surface area contributed by atoms with Crippen molar-refractivity contribution in [3.05, 3.63) is 58.3 Å². The zero-order valence-corrected chi connectivity index (χ0v) is 14.4. The number of carbonyl (C=O) groups is 1. The summed E-state index contributed by atoms with van der Waals surface area (Å²) in [5, 5.41) is 0. The van der Waals surface area contributed by atoms with Crippen molar-refractivity contribution in [2.24, 2.45) is 0 Å². The molecule has 1 aliphatic rings. The number of fused-ring (bicyclic) bond motifs is 5. The number of nitrogens with zero attached hydrogens (tertiary/aromatic N) is 2. The molecule has 0 amide bonds. The maximum absolute atomic E-state index is 12.5. The van der Waals surface area contributed by atoms with Crippen molar-refractivity contribution in [2.75, 3.05) is 0 Å². The van der Waals surface area contributed by atoms with Gasteiger partial charge in [0.2, 0.25) is 5.65 Å². The Morgan fingerprint density at radius 2 is 2.08 bits per heavy atom. The molecule has 0 aliphatic heterocycles. The molecule has 1 aliphatic carbocycles. The number of hydrogen-bond acceptors (Lipinski definition) is 4. The van der Waals surface area contributed by atoms with Gasteiger partial charge in [0.15, 0.2) is 0 Å². The van der Waals surface area contributed by atoms with Gasteiger partial charge in [-0.05, 0) is 26.3 Å². The minimum atomic E-state index is -0.534. The van der Waals surface area contributed by atoms with Gasteiger partial charge in [0, 0.05) is 23.9 Å². The number of imidazole rings is 1. The maximum Gasteiger partial charge on any atom is 0.307 e. The molecule has 0 saturated heterocycles. The Bertz CT molecular complexity index is 1040. The number of hydrogen-bond donors (Lipinski definition) is 1. The quantitative estimate of drug-likeness (QED) is 0.730. The SMILES string of the molecule is CC(C)(C)OC(=O)CC1c2ccccc2-c2[nH]c(=O)c3nccn3c21. The summed E-state index contributed by atoms with van der Waals surface area (Å²) in [5.74, 6) is -0.450. The first-order chi connectivity index (χ1) is 11.8. The molecule has 128 valence electrons. The number of carbonyl (C=O) groups excluding carboxylic acids is 1. The molecule has 6 nitrogen and oxygen atoms in total. The monoisotopic (exact) mass is 337 g/mol. The molecular weight excluding hydrogens is 318 g/mol. The molecule has 1 atom stereocenters. The number of aromatic nitrogens is 3. The first kappa shape index (κ1) is 15.6. The Morgan fingerprint density at radius 3 is 2.84 bits per heavy atom. The molecule has 0 spiro atoms. The van der Waals surface area contributed by atoms with E-state index in [1.807, 2.05) is 45.0 Å². The largest absolute Gasteiger partial charge is 0.460 e. The lowest BCUT2D eigenvalue weighted by Crippen LogP contribution is -2.25. The van der Waals surface area contributed by atoms with Crippen LogP contribution in [0.15, 0.2) is 41.5 Å². The second-order valence-electron chi connectivity index (χ2n) is 7.27. The molecule has 2 heterocycles. The van der Waals surface area contributed by atoms with E-state index in [9.17, 15) is 9.59 Å². The van der Waals surface area contributed by atoms with E-state index in [1.165, 1.54) is 0 Å². The van der Waals surface area contributed by atoms with E-state index < -0.39 is 5.60 Å². The van der Waals surface area contributed by atoms with Crippen LogP contribution in [0.2, 0.25) is 0 Å². The number of H-pyrrole nitrogens is 1. The number of ether oxygens (including phenoxy) is 1. The molecule has 0 fully saturated rings. The average molecular weight is 337 g/mol. The summed E-state index contributed by atoms with van der Waals surface area (Å²) < 4.78 is 7.29. The lowest BCUT2D eigenvalue weighted by atomic mass is 9.96. The van der Waals surface area contributed by atoms with E-state index in [4.69, 9.17) is 4.74 Å². The Hall–Kier alpha value is -2.89. The first-order valence-electron chi connectivity index (χ1n) is 8.25. The van der Waals surface area contributed by atoms with Crippen LogP contribution in [0.3, 0.4) is 0 Å². The van der Waals surface area contributed by atoms with E-state index in [0.29, 0.717) is 5.65 Å². The van der Waals surface area contributed by atoms with Gasteiger partial charge in [-0.15, -0.1) is 0 Å². The molecule has 1 unspecified atom stereocenters. The van der Waals surface area contributed by atoms with Crippen LogP contribution in [0.25, 0.3) is 16.9 Å². The van der Waals surface area contributed by atoms with Gasteiger partial charge >= 0.3 is 5.97 Å². The zero-order valence-electron chi connectivity index (χ0n) is 14.4. The number of esters is 1. The molecule has 0 saturated carbocycles. The number of aromatic amines is 1. The van der Waals surface area contributed by atoms with Crippen molar-refractivity contribution in [1.82, 2.24) is 14.4 Å². The zero-order chi connectivity index (χ0) is 17.8. The van der Waals surface area contributed by atoms with Crippen molar-refractivity contribution in [1.29, 1.82) is 0 Å². The first-order valence-corrected chi connectivity index (χ1v) is 8.25. The Labute approximate surface area is 144 Å². The van der Waals surface area contributed by atoms with Crippen LogP contribution in [-0.4, -0.2) is 25.9 Å². The minimum absolute atomic E-state index is 0.186. The number of benzene rings is 1. The summed E-state index contributed by atoms with van der Waals surface area (Å²) in [6.07, 6.45) is 3.57. The Balaban J connectivity index is 1.87. The van der Waals surface area contributed by atoms with Gasteiger partial charge in [0.1, 0.15) is 5.60 Å². The fraction of sp³-hybridized carbons (Fsp3) is 0.316. The highest BCUT2D eigenvalue weighted by Crippen LogP contribution is 2.44. The van der Waals surface area contributed by atoms with Gasteiger partial charge in [0.05, 0.1) is 17.8 Å². The Morgan fingerprint density at radius 1 is 1.32 bits per heavy atom. The lowest BCUT2D eigenvalue weighted by Gasteiger charge is -2.21. The van der Waals surface area contributed by atoms with E-state index in [1.54, 1.807) is 16.8 Å². The van der Waals surface area contributed by atoms with Crippen molar-refractivity contribution >= 4 is 11.6 Å². The van der Waals surface area contributed by atoms with Crippen molar-refractivity contribution in [3.63, 3.8) is 0 Å². The van der Waals surface area contributed by atoms with Crippen LogP contribution in [0.4, 0.5) is 0 Å². The minimum Gasteiger partial charge on any atom is -0.460 e. The highest BCUT2D eigenvalue weighted by atomic mass is 16.6. The van der Waals surface area contributed by atoms with Crippen LogP contribution in [-0.2, 0) is 9.53 Å². The lowest BCUT2D eigenvalue weighted by molar-refractivity contribution is -0.155. The molecule has 0 radical (unpaired) electrons. The standard InChI is InChI=1S/C19H19N3O3/c1-19(2,3)25-14(23)10-13-11-6-4-5-7-12(11)15-16(13)22-9-8-20-17(22)18(24)21-15/h4-9,13H,10H2,1-3H3,(H,21,24). The summed E-state index contributed by atoms with van der Waals surface area (Å²) in [7, 11) is 0. The third kappa shape index (κ3) is 2.54. The van der Waals surface area contributed by atoms with Crippen molar-refractivity contribution in [2.45, 2.75) is 38.7 Å². The molecule has 0 bridgehead atoms. The summed E-state index contributed by atoms with van der Waals surface area (Å²) >= 11 is 0. The fourth-order valence-electron chi connectivity index (χ4n) is 3.50. The molecule has 2 aromatic heterocycles. The van der Waals surface area contributed by atoms with Crippen LogP contribution >= 0.6 is 0 Å². The van der Waals surface area contributed by atoms with E-state index in [0.717, 1.165) is 22.5 Å². The third-order valence-corrected chi connectivity index (χ3v) is 4.32. The molecule has 3 aromatic rings. The molecule has 1 N–H and O–H groups in total. The third-order valence-electron chi connectivity index (χ3n) is 4.32. The van der Waals surface area contributed by atoms with Crippen LogP contribution < -0.4 is 5.56 Å². The van der Waals surface area contributed by atoms with Gasteiger partial charge in [0.25, 0.3) is 5.56 Å². The fourth-order valence-corrected chi connectivity index (χ4v) is 3.50. The smallest absolute Gasteiger partial charge is 0.307 e. The predicted octanol–water partition coefficient (Wildman–Crippen LogP) is 2.87. The second-order valence-corrected chi connectivity index (χ2v) is 7.27. The van der Waals surface area contributed by atoms with Gasteiger partial charge in [-0.3, -0.25) is 14.0 Å². The van der Waals surface area contributed by atoms with Crippen molar-refractivity contribution < 1.29 is 9.53 Å². The number of rotatable bonds is 2. The van der Waals surface area contributed by atoms with Gasteiger partial charge in [-0.2, -0.15) is 0 Å². The average Bonchev–Trinajstić information content (AvgIpc) is 3.10. The summed E-state index contributed by atoms with van der Waals surface area (Å²) in [6.45, 7) is 5.56. The van der Waals surface area contributed by atoms with E-state index >= 15 is 0 Å². The van der Waals surface area contributed by atoms with E-state index in [2.05, 4.69) is 9.97 Å². The van der Waals surface area contributed by atoms with E-state index in [-0.39, 0.29) is 23.9 Å². The van der Waals surface area contributed by atoms with Gasteiger partial charge < -0.3 is 9.72 Å². The van der Waals surface area contributed by atoms with Crippen LogP contribution in [0.1, 0.15) is 44.4 Å². The van der Waals surface area contributed by atoms with Crippen LogP contribution in [0, 0.1) is 0 Å². The molecular formula is C19H19N3O3. The van der Waals surface area contributed by atoms with Crippen LogP contribution in [0.5, 0.6) is 0 Å². The van der Waals surface area contributed by atoms with Gasteiger partial charge in [-0.1, -0.05) is 24.3 Å². The summed E-state index contributed by atoms with van der Waals surface area (Å²) in [5.41, 5.74) is 3.14. The maximum atomic E-state index is 12.5. The van der Waals surface area contributed by atoms with Gasteiger partial charge in [-0.25, -0.2) is 4.98 Å². The molecule has 6 heteroatoms. The summed E-state index contributed by atoms with van der Waals surface area (Å²) in [4.78, 5) is 31.8. The molecule has 25 heavy (non-hydrogen) atoms. The summed E-state index contributed by atoms with van der Waals surface area (Å²) in [6, 6.07) is 7.82. The normalized spacial score (nSPS) is 15.9. The predicted molar refractivity (Wildman–Crippen MR) is 93.6 cm³/mol. The second kappa shape index (κ2) is 5.31. The highest BCUT2D eigenvalue weighted by molar-refractivity contribution is 5.80. The van der Waals surface area contributed by atoms with Crippen molar-refractivity contribution in [3.8, 4) is 11.3 Å². The number of nitrogens with one attached hydrogen (secondary N) is 1. The Kier molecular flexibility index (Phi) is 3.32.